The fourth-order valence-electron chi connectivity index (χ4n) is 2.49. The largest absolute Gasteiger partial charge is 0.455 e. The molecule has 2 N–H and O–H groups in total. The first-order valence-corrected chi connectivity index (χ1v) is 7.66. The Morgan fingerprint density at radius 3 is 2.45 bits per heavy atom. The van der Waals surface area contributed by atoms with E-state index in [9.17, 15) is 4.79 Å². The quantitative estimate of drug-likeness (QED) is 0.891. The van der Waals surface area contributed by atoms with Gasteiger partial charge in [0.25, 0.3) is 5.91 Å². The Labute approximate surface area is 131 Å². The fraction of sp³-hybridized carbons (Fsp3) is 0.389. The van der Waals surface area contributed by atoms with Crippen molar-refractivity contribution in [2.24, 2.45) is 5.73 Å². The first-order chi connectivity index (χ1) is 10.5. The van der Waals surface area contributed by atoms with Crippen molar-refractivity contribution in [3.05, 3.63) is 59.0 Å². The topological polar surface area (TPSA) is 59.5 Å². The lowest BCUT2D eigenvalue weighted by Crippen LogP contribution is -2.38. The maximum atomic E-state index is 12.5. The Morgan fingerprint density at radius 1 is 1.23 bits per heavy atom. The zero-order valence-corrected chi connectivity index (χ0v) is 13.5. The minimum Gasteiger partial charge on any atom is -0.455 e. The van der Waals surface area contributed by atoms with Gasteiger partial charge in [-0.3, -0.25) is 4.79 Å². The Balaban J connectivity index is 2.08. The van der Waals surface area contributed by atoms with Crippen molar-refractivity contribution >= 4 is 5.91 Å². The molecule has 0 fully saturated rings. The monoisotopic (exact) mass is 300 g/mol. The van der Waals surface area contributed by atoms with Crippen molar-refractivity contribution in [3.8, 4) is 0 Å². The lowest BCUT2D eigenvalue weighted by Gasteiger charge is -2.26. The van der Waals surface area contributed by atoms with Crippen molar-refractivity contribution in [2.45, 2.75) is 39.3 Å². The molecule has 1 heterocycles. The van der Waals surface area contributed by atoms with Crippen LogP contribution in [0.1, 0.15) is 40.8 Å². The molecule has 22 heavy (non-hydrogen) atoms. The molecule has 118 valence electrons. The highest BCUT2D eigenvalue weighted by Crippen LogP contribution is 2.16. The van der Waals surface area contributed by atoms with Gasteiger partial charge in [-0.25, -0.2) is 0 Å². The number of hydrogen-bond acceptors (Lipinski definition) is 3. The number of nitrogens with two attached hydrogens (primary N) is 1. The Hall–Kier alpha value is -2.07. The Bertz CT molecular complexity index is 616. The Kier molecular flexibility index (Phi) is 5.39. The third-order valence-electron chi connectivity index (χ3n) is 4.00. The summed E-state index contributed by atoms with van der Waals surface area (Å²) in [5.41, 5.74) is 8.00. The SMILES string of the molecule is CC[C@@H](Cc1ccc(C)cc1)N(C)C(=O)c1ccc(CN)o1. The molecule has 0 saturated heterocycles. The van der Waals surface area contributed by atoms with Crippen molar-refractivity contribution in [3.63, 3.8) is 0 Å². The Morgan fingerprint density at radius 2 is 1.91 bits per heavy atom. The van der Waals surface area contributed by atoms with E-state index < -0.39 is 0 Å². The molecule has 2 rings (SSSR count). The summed E-state index contributed by atoms with van der Waals surface area (Å²) in [6.07, 6.45) is 1.73. The predicted molar refractivity (Wildman–Crippen MR) is 87.7 cm³/mol. The summed E-state index contributed by atoms with van der Waals surface area (Å²) in [6, 6.07) is 12.0. The van der Waals surface area contributed by atoms with Crippen LogP contribution < -0.4 is 5.73 Å². The number of carbonyl (C=O) groups excluding carboxylic acids is 1. The molecule has 0 aliphatic heterocycles. The van der Waals surface area contributed by atoms with Crippen molar-refractivity contribution < 1.29 is 9.21 Å². The van der Waals surface area contributed by atoms with E-state index in [0.717, 1.165) is 12.8 Å². The molecular formula is C18H24N2O2. The zero-order chi connectivity index (χ0) is 16.1. The smallest absolute Gasteiger partial charge is 0.289 e. The molecular weight excluding hydrogens is 276 g/mol. The molecule has 1 atom stereocenters. The van der Waals surface area contributed by atoms with Gasteiger partial charge in [-0.05, 0) is 37.5 Å². The van der Waals surface area contributed by atoms with Crippen LogP contribution in [0.3, 0.4) is 0 Å². The molecule has 0 saturated carbocycles. The minimum atomic E-state index is -0.0985. The normalized spacial score (nSPS) is 12.2. The molecule has 0 aliphatic rings. The lowest BCUT2D eigenvalue weighted by atomic mass is 10.0. The van der Waals surface area contributed by atoms with E-state index in [1.54, 1.807) is 17.0 Å². The average Bonchev–Trinajstić information content (AvgIpc) is 3.02. The molecule has 1 aromatic carbocycles. The fourth-order valence-corrected chi connectivity index (χ4v) is 2.49. The highest BCUT2D eigenvalue weighted by Gasteiger charge is 2.22. The van der Waals surface area contributed by atoms with Crippen LogP contribution in [0.5, 0.6) is 0 Å². The molecule has 4 nitrogen and oxygen atoms in total. The molecule has 0 unspecified atom stereocenters. The second kappa shape index (κ2) is 7.27. The molecule has 0 spiro atoms. The second-order valence-electron chi connectivity index (χ2n) is 5.64. The van der Waals surface area contributed by atoms with Gasteiger partial charge in [0, 0.05) is 13.1 Å². The first kappa shape index (κ1) is 16.3. The molecule has 4 heteroatoms. The number of likely N-dealkylation sites (N-methyl/N-ethyl adjacent to an activating group) is 1. The lowest BCUT2D eigenvalue weighted by molar-refractivity contribution is 0.0693. The van der Waals surface area contributed by atoms with E-state index in [1.165, 1.54) is 11.1 Å². The van der Waals surface area contributed by atoms with Gasteiger partial charge in [0.2, 0.25) is 0 Å². The standard InChI is InChI=1S/C18H24N2O2/c1-4-15(11-14-7-5-13(2)6-8-14)20(3)18(21)17-10-9-16(12-19)22-17/h5-10,15H,4,11-12,19H2,1-3H3/t15-/m0/s1. The number of amides is 1. The van der Waals surface area contributed by atoms with E-state index in [-0.39, 0.29) is 11.9 Å². The van der Waals surface area contributed by atoms with Crippen molar-refractivity contribution in [2.75, 3.05) is 7.05 Å². The van der Waals surface area contributed by atoms with Crippen LogP contribution in [0, 0.1) is 6.92 Å². The molecule has 0 aliphatic carbocycles. The van der Waals surface area contributed by atoms with Crippen LogP contribution in [0.2, 0.25) is 0 Å². The molecule has 0 radical (unpaired) electrons. The number of benzene rings is 1. The van der Waals surface area contributed by atoms with Crippen LogP contribution in [0.25, 0.3) is 0 Å². The van der Waals surface area contributed by atoms with Crippen LogP contribution >= 0.6 is 0 Å². The van der Waals surface area contributed by atoms with E-state index in [4.69, 9.17) is 10.2 Å². The van der Waals surface area contributed by atoms with Crippen LogP contribution in [-0.2, 0) is 13.0 Å². The molecule has 2 aromatic rings. The summed E-state index contributed by atoms with van der Waals surface area (Å²) < 4.78 is 5.46. The summed E-state index contributed by atoms with van der Waals surface area (Å²) in [6.45, 7) is 4.47. The van der Waals surface area contributed by atoms with Crippen molar-refractivity contribution in [1.29, 1.82) is 0 Å². The van der Waals surface area contributed by atoms with E-state index >= 15 is 0 Å². The first-order valence-electron chi connectivity index (χ1n) is 7.66. The molecule has 1 aromatic heterocycles. The molecule has 0 bridgehead atoms. The van der Waals surface area contributed by atoms with Gasteiger partial charge in [-0.2, -0.15) is 0 Å². The number of furan rings is 1. The van der Waals surface area contributed by atoms with Crippen LogP contribution in [0.15, 0.2) is 40.8 Å². The number of hydrogen-bond donors (Lipinski definition) is 1. The highest BCUT2D eigenvalue weighted by molar-refractivity contribution is 5.91. The van der Waals surface area contributed by atoms with Crippen LogP contribution in [-0.4, -0.2) is 23.9 Å². The van der Waals surface area contributed by atoms with Gasteiger partial charge >= 0.3 is 0 Å². The predicted octanol–water partition coefficient (Wildman–Crippen LogP) is 3.14. The minimum absolute atomic E-state index is 0.0985. The average molecular weight is 300 g/mol. The number of aryl methyl sites for hydroxylation is 1. The van der Waals surface area contributed by atoms with E-state index in [0.29, 0.717) is 18.1 Å². The number of nitrogens with zero attached hydrogens (tertiary/aromatic N) is 1. The summed E-state index contributed by atoms with van der Waals surface area (Å²) in [4.78, 5) is 14.3. The maximum Gasteiger partial charge on any atom is 0.289 e. The zero-order valence-electron chi connectivity index (χ0n) is 13.5. The van der Waals surface area contributed by atoms with Gasteiger partial charge in [0.15, 0.2) is 5.76 Å². The van der Waals surface area contributed by atoms with Gasteiger partial charge in [-0.1, -0.05) is 36.8 Å². The number of carbonyl (C=O) groups is 1. The highest BCUT2D eigenvalue weighted by atomic mass is 16.4. The van der Waals surface area contributed by atoms with Gasteiger partial charge < -0.3 is 15.1 Å². The molecule has 1 amide bonds. The second-order valence-corrected chi connectivity index (χ2v) is 5.64. The maximum absolute atomic E-state index is 12.5. The van der Waals surface area contributed by atoms with Crippen LogP contribution in [0.4, 0.5) is 0 Å². The van der Waals surface area contributed by atoms with Gasteiger partial charge in [0.1, 0.15) is 5.76 Å². The van der Waals surface area contributed by atoms with E-state index in [2.05, 4.69) is 38.1 Å². The van der Waals surface area contributed by atoms with E-state index in [1.807, 2.05) is 7.05 Å². The van der Waals surface area contributed by atoms with Crippen molar-refractivity contribution in [1.82, 2.24) is 4.90 Å². The number of rotatable bonds is 6. The summed E-state index contributed by atoms with van der Waals surface area (Å²) in [7, 11) is 1.83. The third kappa shape index (κ3) is 3.77. The summed E-state index contributed by atoms with van der Waals surface area (Å²) in [5, 5.41) is 0. The summed E-state index contributed by atoms with van der Waals surface area (Å²) in [5.74, 6) is 0.882. The summed E-state index contributed by atoms with van der Waals surface area (Å²) >= 11 is 0. The third-order valence-corrected chi connectivity index (χ3v) is 4.00. The van der Waals surface area contributed by atoms with Gasteiger partial charge in [-0.15, -0.1) is 0 Å². The van der Waals surface area contributed by atoms with Gasteiger partial charge in [0.05, 0.1) is 6.54 Å².